The smallest absolute Gasteiger partial charge is 0.213 e. The van der Waals surface area contributed by atoms with Crippen molar-refractivity contribution in [3.63, 3.8) is 0 Å². The summed E-state index contributed by atoms with van der Waals surface area (Å²) in [7, 11) is 1.64. The second kappa shape index (κ2) is 5.40. The Balaban J connectivity index is 2.04. The lowest BCUT2D eigenvalue weighted by atomic mass is 10.2. The van der Waals surface area contributed by atoms with E-state index < -0.39 is 0 Å². The Hall–Kier alpha value is -2.23. The van der Waals surface area contributed by atoms with Crippen LogP contribution < -0.4 is 15.2 Å². The molecule has 2 aromatic rings. The zero-order chi connectivity index (χ0) is 13.0. The van der Waals surface area contributed by atoms with E-state index in [1.807, 2.05) is 37.3 Å². The third kappa shape index (κ3) is 2.91. The van der Waals surface area contributed by atoms with Crippen LogP contribution in [0.2, 0.25) is 0 Å². The van der Waals surface area contributed by atoms with Gasteiger partial charge in [-0.05, 0) is 30.2 Å². The number of hydrogen-bond acceptors (Lipinski definition) is 4. The molecule has 0 radical (unpaired) electrons. The first-order valence-electron chi connectivity index (χ1n) is 5.67. The largest absolute Gasteiger partial charge is 0.497 e. The van der Waals surface area contributed by atoms with Crippen LogP contribution in [-0.2, 0) is 6.61 Å². The monoisotopic (exact) mass is 244 g/mol. The summed E-state index contributed by atoms with van der Waals surface area (Å²) in [5, 5.41) is 0. The second-order valence-electron chi connectivity index (χ2n) is 4.02. The van der Waals surface area contributed by atoms with Crippen LogP contribution in [-0.4, -0.2) is 12.1 Å². The lowest BCUT2D eigenvalue weighted by Gasteiger charge is -2.08. The molecule has 2 N–H and O–H groups in total. The van der Waals surface area contributed by atoms with E-state index in [1.165, 1.54) is 0 Å². The number of rotatable bonds is 4. The van der Waals surface area contributed by atoms with Gasteiger partial charge in [0.05, 0.1) is 19.0 Å². The zero-order valence-electron chi connectivity index (χ0n) is 10.5. The predicted octanol–water partition coefficient (Wildman–Crippen LogP) is 2.56. The van der Waals surface area contributed by atoms with E-state index in [0.29, 0.717) is 18.2 Å². The van der Waals surface area contributed by atoms with Crippen molar-refractivity contribution in [3.8, 4) is 11.6 Å². The standard InChI is InChI=1S/C14H16N2O2/c1-10-6-14(16-8-13(10)15)18-9-11-4-3-5-12(7-11)17-2/h3-8H,9,15H2,1-2H3. The molecule has 18 heavy (non-hydrogen) atoms. The summed E-state index contributed by atoms with van der Waals surface area (Å²) in [6.45, 7) is 2.38. The lowest BCUT2D eigenvalue weighted by Crippen LogP contribution is -1.99. The van der Waals surface area contributed by atoms with E-state index in [9.17, 15) is 0 Å². The third-order valence-corrected chi connectivity index (χ3v) is 2.65. The van der Waals surface area contributed by atoms with Gasteiger partial charge in [0.2, 0.25) is 5.88 Å². The van der Waals surface area contributed by atoms with Crippen molar-refractivity contribution in [1.29, 1.82) is 0 Å². The van der Waals surface area contributed by atoms with Gasteiger partial charge in [0, 0.05) is 6.07 Å². The molecule has 0 aliphatic rings. The van der Waals surface area contributed by atoms with Crippen molar-refractivity contribution in [1.82, 2.24) is 4.98 Å². The van der Waals surface area contributed by atoms with E-state index >= 15 is 0 Å². The predicted molar refractivity (Wildman–Crippen MR) is 70.7 cm³/mol. The molecule has 2 rings (SSSR count). The molecule has 0 amide bonds. The summed E-state index contributed by atoms with van der Waals surface area (Å²) < 4.78 is 10.8. The van der Waals surface area contributed by atoms with E-state index in [-0.39, 0.29) is 0 Å². The van der Waals surface area contributed by atoms with E-state index in [2.05, 4.69) is 4.98 Å². The topological polar surface area (TPSA) is 57.4 Å². The SMILES string of the molecule is COc1cccc(COc2cc(C)c(N)cn2)c1. The van der Waals surface area contributed by atoms with Crippen molar-refractivity contribution in [3.05, 3.63) is 47.7 Å². The molecule has 94 valence electrons. The van der Waals surface area contributed by atoms with Crippen LogP contribution >= 0.6 is 0 Å². The minimum atomic E-state index is 0.452. The summed E-state index contributed by atoms with van der Waals surface area (Å²) in [4.78, 5) is 4.12. The fraction of sp³-hybridized carbons (Fsp3) is 0.214. The quantitative estimate of drug-likeness (QED) is 0.898. The zero-order valence-corrected chi connectivity index (χ0v) is 10.5. The maximum Gasteiger partial charge on any atom is 0.213 e. The number of nitrogens with zero attached hydrogens (tertiary/aromatic N) is 1. The molecule has 1 aromatic carbocycles. The van der Waals surface area contributed by atoms with Gasteiger partial charge in [0.1, 0.15) is 12.4 Å². The Morgan fingerprint density at radius 2 is 2.11 bits per heavy atom. The number of pyridine rings is 1. The molecule has 1 aromatic heterocycles. The number of ether oxygens (including phenoxy) is 2. The molecular formula is C14H16N2O2. The molecule has 1 heterocycles. The van der Waals surface area contributed by atoms with Gasteiger partial charge in [-0.25, -0.2) is 4.98 Å². The highest BCUT2D eigenvalue weighted by Gasteiger charge is 2.01. The van der Waals surface area contributed by atoms with Gasteiger partial charge in [-0.15, -0.1) is 0 Å². The number of benzene rings is 1. The molecule has 0 atom stereocenters. The molecule has 0 spiro atoms. The van der Waals surface area contributed by atoms with Crippen LogP contribution in [0.3, 0.4) is 0 Å². The fourth-order valence-electron chi connectivity index (χ4n) is 1.54. The Morgan fingerprint density at radius 1 is 1.28 bits per heavy atom. The van der Waals surface area contributed by atoms with Crippen LogP contribution in [0.4, 0.5) is 5.69 Å². The number of aryl methyl sites for hydroxylation is 1. The molecular weight excluding hydrogens is 228 g/mol. The Bertz CT molecular complexity index is 541. The summed E-state index contributed by atoms with van der Waals surface area (Å²) in [5.74, 6) is 1.39. The molecule has 4 heteroatoms. The minimum absolute atomic E-state index is 0.452. The second-order valence-corrected chi connectivity index (χ2v) is 4.02. The molecule has 0 fully saturated rings. The molecule has 0 unspecified atom stereocenters. The van der Waals surface area contributed by atoms with Gasteiger partial charge < -0.3 is 15.2 Å². The molecule has 0 aliphatic heterocycles. The average molecular weight is 244 g/mol. The number of methoxy groups -OCH3 is 1. The highest BCUT2D eigenvalue weighted by molar-refractivity contribution is 5.45. The van der Waals surface area contributed by atoms with Gasteiger partial charge in [-0.1, -0.05) is 12.1 Å². The molecule has 0 saturated heterocycles. The van der Waals surface area contributed by atoms with Crippen molar-refractivity contribution in [2.24, 2.45) is 0 Å². The number of anilines is 1. The maximum absolute atomic E-state index is 5.70. The average Bonchev–Trinajstić information content (AvgIpc) is 2.40. The highest BCUT2D eigenvalue weighted by Crippen LogP contribution is 2.17. The molecule has 4 nitrogen and oxygen atoms in total. The summed E-state index contributed by atoms with van der Waals surface area (Å²) >= 11 is 0. The Morgan fingerprint density at radius 3 is 2.83 bits per heavy atom. The Labute approximate surface area is 106 Å². The lowest BCUT2D eigenvalue weighted by molar-refractivity contribution is 0.293. The first kappa shape index (κ1) is 12.2. The number of aromatic nitrogens is 1. The minimum Gasteiger partial charge on any atom is -0.497 e. The Kier molecular flexibility index (Phi) is 3.67. The van der Waals surface area contributed by atoms with Crippen molar-refractivity contribution in [2.45, 2.75) is 13.5 Å². The van der Waals surface area contributed by atoms with Crippen LogP contribution in [0.1, 0.15) is 11.1 Å². The highest BCUT2D eigenvalue weighted by atomic mass is 16.5. The number of nitrogens with two attached hydrogens (primary N) is 1. The van der Waals surface area contributed by atoms with Gasteiger partial charge in [0.15, 0.2) is 0 Å². The summed E-state index contributed by atoms with van der Waals surface area (Å²) in [6.07, 6.45) is 1.61. The van der Waals surface area contributed by atoms with E-state index in [1.54, 1.807) is 13.3 Å². The first-order chi connectivity index (χ1) is 8.69. The van der Waals surface area contributed by atoms with Crippen LogP contribution in [0, 0.1) is 6.92 Å². The van der Waals surface area contributed by atoms with Gasteiger partial charge in [-0.2, -0.15) is 0 Å². The molecule has 0 bridgehead atoms. The van der Waals surface area contributed by atoms with Crippen molar-refractivity contribution in [2.75, 3.05) is 12.8 Å². The summed E-state index contributed by atoms with van der Waals surface area (Å²) in [6, 6.07) is 9.57. The fourth-order valence-corrected chi connectivity index (χ4v) is 1.54. The van der Waals surface area contributed by atoms with Gasteiger partial charge in [-0.3, -0.25) is 0 Å². The van der Waals surface area contributed by atoms with Crippen LogP contribution in [0.15, 0.2) is 36.5 Å². The number of hydrogen-bond donors (Lipinski definition) is 1. The van der Waals surface area contributed by atoms with Crippen molar-refractivity contribution < 1.29 is 9.47 Å². The van der Waals surface area contributed by atoms with Crippen LogP contribution in [0.25, 0.3) is 0 Å². The normalized spacial score (nSPS) is 10.1. The first-order valence-corrected chi connectivity index (χ1v) is 5.67. The molecule has 0 saturated carbocycles. The third-order valence-electron chi connectivity index (χ3n) is 2.65. The van der Waals surface area contributed by atoms with E-state index in [0.717, 1.165) is 16.9 Å². The summed E-state index contributed by atoms with van der Waals surface area (Å²) in [5.41, 5.74) is 8.37. The van der Waals surface area contributed by atoms with E-state index in [4.69, 9.17) is 15.2 Å². The number of nitrogen functional groups attached to an aromatic ring is 1. The maximum atomic E-state index is 5.70. The van der Waals surface area contributed by atoms with Crippen molar-refractivity contribution >= 4 is 5.69 Å². The molecule has 0 aliphatic carbocycles. The van der Waals surface area contributed by atoms with Gasteiger partial charge >= 0.3 is 0 Å². The van der Waals surface area contributed by atoms with Crippen LogP contribution in [0.5, 0.6) is 11.6 Å². The van der Waals surface area contributed by atoms with Gasteiger partial charge in [0.25, 0.3) is 0 Å².